The quantitative estimate of drug-likeness (QED) is 0.231. The molecule has 0 saturated heterocycles. The van der Waals surface area contributed by atoms with Crippen molar-refractivity contribution in [1.29, 1.82) is 0 Å². The van der Waals surface area contributed by atoms with Gasteiger partial charge in [-0.25, -0.2) is 4.98 Å². The number of hydrogen-bond donors (Lipinski definition) is 2. The second-order valence-electron chi connectivity index (χ2n) is 8.42. The van der Waals surface area contributed by atoms with Gasteiger partial charge in [-0.1, -0.05) is 26.0 Å². The summed E-state index contributed by atoms with van der Waals surface area (Å²) in [7, 11) is 3.25. The fourth-order valence-electron chi connectivity index (χ4n) is 3.90. The van der Waals surface area contributed by atoms with E-state index in [0.717, 1.165) is 47.9 Å². The number of aromatic nitrogens is 3. The third-order valence-corrected chi connectivity index (χ3v) is 6.09. The first-order chi connectivity index (χ1) is 18.6. The molecule has 0 unspecified atom stereocenters. The molecule has 2 N–H and O–H groups in total. The fourth-order valence-corrected chi connectivity index (χ4v) is 3.90. The van der Waals surface area contributed by atoms with Crippen LogP contribution in [0, 0.1) is 0 Å². The number of anilines is 4. The number of hydrogen-bond acceptors (Lipinski definition) is 9. The zero-order valence-electron chi connectivity index (χ0n) is 22.3. The van der Waals surface area contributed by atoms with Crippen molar-refractivity contribution < 1.29 is 14.2 Å². The minimum absolute atomic E-state index is 0.442. The minimum Gasteiger partial charge on any atom is -0.495 e. The molecule has 4 aromatic rings. The zero-order valence-corrected chi connectivity index (χ0v) is 22.3. The van der Waals surface area contributed by atoms with E-state index in [1.165, 1.54) is 0 Å². The van der Waals surface area contributed by atoms with Crippen LogP contribution < -0.4 is 24.8 Å². The third-order valence-electron chi connectivity index (χ3n) is 6.09. The smallest absolute Gasteiger partial charge is 0.229 e. The predicted molar refractivity (Wildman–Crippen MR) is 151 cm³/mol. The second-order valence-corrected chi connectivity index (χ2v) is 8.42. The van der Waals surface area contributed by atoms with Crippen molar-refractivity contribution in [2.45, 2.75) is 13.8 Å². The number of methoxy groups -OCH3 is 2. The molecular formula is C29H34N6O3. The highest BCUT2D eigenvalue weighted by Crippen LogP contribution is 2.34. The molecule has 38 heavy (non-hydrogen) atoms. The van der Waals surface area contributed by atoms with Crippen LogP contribution in [0.3, 0.4) is 0 Å². The van der Waals surface area contributed by atoms with Crippen molar-refractivity contribution in [2.24, 2.45) is 0 Å². The van der Waals surface area contributed by atoms with E-state index < -0.39 is 0 Å². The highest BCUT2D eigenvalue weighted by molar-refractivity contribution is 5.80. The zero-order chi connectivity index (χ0) is 26.7. The van der Waals surface area contributed by atoms with Gasteiger partial charge in [0.15, 0.2) is 0 Å². The Balaban J connectivity index is 1.55. The Hall–Kier alpha value is -4.37. The van der Waals surface area contributed by atoms with Crippen LogP contribution in [0.15, 0.2) is 73.2 Å². The Morgan fingerprint density at radius 2 is 1.63 bits per heavy atom. The number of pyridine rings is 1. The van der Waals surface area contributed by atoms with Gasteiger partial charge in [-0.3, -0.25) is 4.98 Å². The van der Waals surface area contributed by atoms with Gasteiger partial charge in [0.25, 0.3) is 0 Å². The average molecular weight is 515 g/mol. The van der Waals surface area contributed by atoms with Crippen molar-refractivity contribution in [3.05, 3.63) is 73.2 Å². The Bertz CT molecular complexity index is 1310. The molecule has 0 aliphatic heterocycles. The lowest BCUT2D eigenvalue weighted by Crippen LogP contribution is -2.27. The van der Waals surface area contributed by atoms with Crippen LogP contribution in [0.5, 0.6) is 17.2 Å². The van der Waals surface area contributed by atoms with Gasteiger partial charge in [0.05, 0.1) is 26.1 Å². The molecule has 2 aromatic heterocycles. The van der Waals surface area contributed by atoms with Crippen LogP contribution in [0.1, 0.15) is 13.8 Å². The van der Waals surface area contributed by atoms with E-state index in [9.17, 15) is 0 Å². The Kier molecular flexibility index (Phi) is 9.31. The number of rotatable bonds is 13. The molecule has 4 rings (SSSR count). The summed E-state index contributed by atoms with van der Waals surface area (Å²) in [6, 6.07) is 17.3. The first kappa shape index (κ1) is 26.7. The lowest BCUT2D eigenvalue weighted by Gasteiger charge is -2.18. The van der Waals surface area contributed by atoms with Crippen LogP contribution >= 0.6 is 0 Å². The van der Waals surface area contributed by atoms with Gasteiger partial charge >= 0.3 is 0 Å². The molecule has 0 spiro atoms. The van der Waals surface area contributed by atoms with E-state index in [0.29, 0.717) is 29.9 Å². The van der Waals surface area contributed by atoms with Crippen molar-refractivity contribution in [3.63, 3.8) is 0 Å². The molecule has 0 radical (unpaired) electrons. The first-order valence-corrected chi connectivity index (χ1v) is 12.6. The van der Waals surface area contributed by atoms with Crippen LogP contribution in [0.4, 0.5) is 23.1 Å². The van der Waals surface area contributed by atoms with Gasteiger partial charge in [0.1, 0.15) is 29.7 Å². The standard InChI is InChI=1S/C29H34N6O3/c1-5-35(6-2)15-16-38-23-13-11-22(12-14-23)32-29-31-20-25(21-17-24(36-3)19-30-18-21)28(34-29)33-26-9-7-8-10-27(26)37-4/h7-14,17-20H,5-6,15-16H2,1-4H3,(H2,31,32,33,34). The number of likely N-dealkylation sites (N-methyl/N-ethyl adjacent to an activating group) is 1. The molecule has 0 aliphatic rings. The first-order valence-electron chi connectivity index (χ1n) is 12.6. The van der Waals surface area contributed by atoms with Crippen LogP contribution in [-0.2, 0) is 0 Å². The third kappa shape index (κ3) is 6.89. The lowest BCUT2D eigenvalue weighted by atomic mass is 10.1. The molecule has 0 bridgehead atoms. The Morgan fingerprint density at radius 3 is 2.37 bits per heavy atom. The largest absolute Gasteiger partial charge is 0.495 e. The number of nitrogens with one attached hydrogen (secondary N) is 2. The summed E-state index contributed by atoms with van der Waals surface area (Å²) in [6.07, 6.45) is 5.17. The van der Waals surface area contributed by atoms with Gasteiger partial charge in [-0.05, 0) is 55.6 Å². The van der Waals surface area contributed by atoms with Gasteiger partial charge in [-0.15, -0.1) is 0 Å². The Labute approximate surface area is 223 Å². The summed E-state index contributed by atoms with van der Waals surface area (Å²) in [4.78, 5) is 16.0. The summed E-state index contributed by atoms with van der Waals surface area (Å²) in [5.41, 5.74) is 3.22. The maximum absolute atomic E-state index is 5.90. The molecule has 0 fully saturated rings. The number of para-hydroxylation sites is 2. The number of benzene rings is 2. The topological polar surface area (TPSA) is 93.7 Å². The van der Waals surface area contributed by atoms with Gasteiger partial charge < -0.3 is 29.7 Å². The molecule has 2 aromatic carbocycles. The van der Waals surface area contributed by atoms with E-state index in [4.69, 9.17) is 19.2 Å². The SMILES string of the molecule is CCN(CC)CCOc1ccc(Nc2ncc(-c3cncc(OC)c3)c(Nc3ccccc3OC)n2)cc1. The molecule has 0 atom stereocenters. The molecule has 0 saturated carbocycles. The minimum atomic E-state index is 0.442. The van der Waals surface area contributed by atoms with Crippen LogP contribution in [0.2, 0.25) is 0 Å². The van der Waals surface area contributed by atoms with Gasteiger partial charge in [-0.2, -0.15) is 4.98 Å². The van der Waals surface area contributed by atoms with Crippen LogP contribution in [-0.4, -0.2) is 60.3 Å². The predicted octanol–water partition coefficient (Wildman–Crippen LogP) is 5.76. The Morgan fingerprint density at radius 1 is 0.842 bits per heavy atom. The van der Waals surface area contributed by atoms with E-state index in [1.54, 1.807) is 32.8 Å². The highest BCUT2D eigenvalue weighted by atomic mass is 16.5. The normalized spacial score (nSPS) is 10.8. The molecule has 0 aliphatic carbocycles. The molecule has 9 heteroatoms. The number of ether oxygens (including phenoxy) is 3. The van der Waals surface area contributed by atoms with E-state index in [2.05, 4.69) is 39.3 Å². The molecule has 198 valence electrons. The van der Waals surface area contributed by atoms with Crippen molar-refractivity contribution in [2.75, 3.05) is 51.1 Å². The van der Waals surface area contributed by atoms with E-state index in [1.807, 2.05) is 54.6 Å². The summed E-state index contributed by atoms with van der Waals surface area (Å²) in [5.74, 6) is 3.21. The summed E-state index contributed by atoms with van der Waals surface area (Å²) < 4.78 is 16.8. The maximum Gasteiger partial charge on any atom is 0.229 e. The van der Waals surface area contributed by atoms with Crippen molar-refractivity contribution in [3.8, 4) is 28.4 Å². The van der Waals surface area contributed by atoms with Gasteiger partial charge in [0.2, 0.25) is 5.95 Å². The maximum atomic E-state index is 5.90. The highest BCUT2D eigenvalue weighted by Gasteiger charge is 2.14. The monoisotopic (exact) mass is 514 g/mol. The summed E-state index contributed by atoms with van der Waals surface area (Å²) >= 11 is 0. The molecule has 0 amide bonds. The van der Waals surface area contributed by atoms with Crippen LogP contribution in [0.25, 0.3) is 11.1 Å². The average Bonchev–Trinajstić information content (AvgIpc) is 2.96. The van der Waals surface area contributed by atoms with E-state index in [-0.39, 0.29) is 0 Å². The van der Waals surface area contributed by atoms with Crippen molar-refractivity contribution in [1.82, 2.24) is 19.9 Å². The van der Waals surface area contributed by atoms with Crippen molar-refractivity contribution >= 4 is 23.1 Å². The second kappa shape index (κ2) is 13.3. The summed E-state index contributed by atoms with van der Waals surface area (Å²) in [5, 5.41) is 6.68. The number of nitrogens with zero attached hydrogens (tertiary/aromatic N) is 4. The fraction of sp³-hybridized carbons (Fsp3) is 0.276. The lowest BCUT2D eigenvalue weighted by molar-refractivity contribution is 0.223. The molecule has 2 heterocycles. The van der Waals surface area contributed by atoms with E-state index >= 15 is 0 Å². The molecular weight excluding hydrogens is 480 g/mol. The molecule has 9 nitrogen and oxygen atoms in total. The van der Waals surface area contributed by atoms with Gasteiger partial charge in [0, 0.05) is 35.8 Å². The summed E-state index contributed by atoms with van der Waals surface area (Å²) in [6.45, 7) is 7.90.